The van der Waals surface area contributed by atoms with Crippen LogP contribution in [0.25, 0.3) is 0 Å². The SMILES string of the molecule is CCCC1(C)CCCN(C(=NCCn2cc([N+](=O)[O-])cn2)NCC)C1.I. The van der Waals surface area contributed by atoms with Crippen molar-refractivity contribution in [2.75, 3.05) is 26.2 Å². The third-order valence-corrected chi connectivity index (χ3v) is 4.69. The van der Waals surface area contributed by atoms with Crippen LogP contribution in [0.15, 0.2) is 17.4 Å². The second-order valence-electron chi connectivity index (χ2n) is 7.04. The number of aliphatic imine (C=N–C) groups is 1. The molecule has 1 saturated heterocycles. The van der Waals surface area contributed by atoms with Crippen LogP contribution in [0, 0.1) is 15.5 Å². The van der Waals surface area contributed by atoms with Crippen molar-refractivity contribution in [2.24, 2.45) is 10.4 Å². The van der Waals surface area contributed by atoms with E-state index in [-0.39, 0.29) is 29.7 Å². The standard InChI is InChI=1S/C17H30N6O2.HI/c1-4-7-17(3)8-6-10-21(14-17)16(18-5-2)19-9-11-22-13-15(12-20-22)23(24)25;/h12-13H,4-11,14H2,1-3H3,(H,18,19);1H. The van der Waals surface area contributed by atoms with Crippen molar-refractivity contribution in [1.29, 1.82) is 0 Å². The summed E-state index contributed by atoms with van der Waals surface area (Å²) in [5.74, 6) is 0.936. The Morgan fingerprint density at radius 2 is 2.27 bits per heavy atom. The second-order valence-corrected chi connectivity index (χ2v) is 7.04. The largest absolute Gasteiger partial charge is 0.357 e. The van der Waals surface area contributed by atoms with Crippen LogP contribution in [0.3, 0.4) is 0 Å². The third-order valence-electron chi connectivity index (χ3n) is 4.69. The lowest BCUT2D eigenvalue weighted by Crippen LogP contribution is -2.50. The van der Waals surface area contributed by atoms with Crippen LogP contribution in [-0.2, 0) is 6.54 Å². The van der Waals surface area contributed by atoms with Crippen molar-refractivity contribution in [3.8, 4) is 0 Å². The molecule has 2 heterocycles. The average Bonchev–Trinajstić information content (AvgIpc) is 3.03. The summed E-state index contributed by atoms with van der Waals surface area (Å²) in [6.45, 7) is 10.6. The summed E-state index contributed by atoms with van der Waals surface area (Å²) in [6, 6.07) is 0. The first-order chi connectivity index (χ1) is 12.0. The molecule has 0 amide bonds. The highest BCUT2D eigenvalue weighted by Crippen LogP contribution is 2.33. The van der Waals surface area contributed by atoms with Gasteiger partial charge in [-0.25, -0.2) is 0 Å². The quantitative estimate of drug-likeness (QED) is 0.214. The second kappa shape index (κ2) is 10.7. The minimum atomic E-state index is -0.431. The molecule has 0 bridgehead atoms. The molecule has 1 aromatic rings. The minimum Gasteiger partial charge on any atom is -0.357 e. The van der Waals surface area contributed by atoms with Gasteiger partial charge in [-0.15, -0.1) is 24.0 Å². The number of likely N-dealkylation sites (tertiary alicyclic amines) is 1. The zero-order valence-corrected chi connectivity index (χ0v) is 18.3. The summed E-state index contributed by atoms with van der Waals surface area (Å²) in [4.78, 5) is 17.3. The van der Waals surface area contributed by atoms with Gasteiger partial charge in [0, 0.05) is 19.6 Å². The zero-order valence-electron chi connectivity index (χ0n) is 16.0. The van der Waals surface area contributed by atoms with E-state index in [9.17, 15) is 10.1 Å². The summed E-state index contributed by atoms with van der Waals surface area (Å²) in [5.41, 5.74) is 0.369. The van der Waals surface area contributed by atoms with Crippen LogP contribution < -0.4 is 5.32 Å². The monoisotopic (exact) mass is 478 g/mol. The third kappa shape index (κ3) is 6.40. The fourth-order valence-electron chi connectivity index (χ4n) is 3.56. The molecule has 26 heavy (non-hydrogen) atoms. The lowest BCUT2D eigenvalue weighted by molar-refractivity contribution is -0.385. The number of nitrogens with one attached hydrogen (secondary N) is 1. The van der Waals surface area contributed by atoms with Crippen molar-refractivity contribution in [2.45, 2.75) is 53.0 Å². The van der Waals surface area contributed by atoms with Crippen LogP contribution in [0.4, 0.5) is 5.69 Å². The predicted octanol–water partition coefficient (Wildman–Crippen LogP) is 3.28. The molecule has 1 atom stereocenters. The lowest BCUT2D eigenvalue weighted by atomic mass is 9.78. The van der Waals surface area contributed by atoms with E-state index in [0.717, 1.165) is 25.6 Å². The van der Waals surface area contributed by atoms with Crippen molar-refractivity contribution < 1.29 is 4.92 Å². The average molecular weight is 478 g/mol. The van der Waals surface area contributed by atoms with E-state index in [1.807, 2.05) is 0 Å². The molecule has 0 radical (unpaired) electrons. The van der Waals surface area contributed by atoms with E-state index in [1.54, 1.807) is 4.68 Å². The molecule has 0 spiro atoms. The van der Waals surface area contributed by atoms with Gasteiger partial charge in [0.15, 0.2) is 5.96 Å². The number of rotatable bonds is 7. The van der Waals surface area contributed by atoms with Crippen LogP contribution in [0.2, 0.25) is 0 Å². The zero-order chi connectivity index (χ0) is 18.3. The highest BCUT2D eigenvalue weighted by Gasteiger charge is 2.31. The lowest BCUT2D eigenvalue weighted by Gasteiger charge is -2.42. The maximum atomic E-state index is 10.7. The summed E-state index contributed by atoms with van der Waals surface area (Å²) in [5, 5.41) is 18.1. The molecular weight excluding hydrogens is 447 g/mol. The van der Waals surface area contributed by atoms with E-state index in [4.69, 9.17) is 4.99 Å². The molecule has 1 unspecified atom stereocenters. The van der Waals surface area contributed by atoms with Crippen molar-refractivity contribution >= 4 is 35.6 Å². The Hall–Kier alpha value is -1.39. The molecule has 2 rings (SSSR count). The Morgan fingerprint density at radius 3 is 2.88 bits per heavy atom. The van der Waals surface area contributed by atoms with Gasteiger partial charge in [0.05, 0.1) is 18.0 Å². The Labute approximate surface area is 172 Å². The number of hydrogen-bond acceptors (Lipinski definition) is 4. The van der Waals surface area contributed by atoms with E-state index >= 15 is 0 Å². The van der Waals surface area contributed by atoms with Crippen LogP contribution in [0.1, 0.15) is 46.5 Å². The molecule has 1 aromatic heterocycles. The highest BCUT2D eigenvalue weighted by molar-refractivity contribution is 14.0. The van der Waals surface area contributed by atoms with Gasteiger partial charge in [0.1, 0.15) is 12.4 Å². The summed E-state index contributed by atoms with van der Waals surface area (Å²) in [6.07, 6.45) is 7.62. The number of nitro groups is 1. The maximum Gasteiger partial charge on any atom is 0.306 e. The fourth-order valence-corrected chi connectivity index (χ4v) is 3.56. The molecule has 0 aromatic carbocycles. The van der Waals surface area contributed by atoms with Gasteiger partial charge in [0.25, 0.3) is 0 Å². The number of hydrogen-bond donors (Lipinski definition) is 1. The Bertz CT molecular complexity index is 602. The molecule has 1 aliphatic rings. The van der Waals surface area contributed by atoms with Crippen LogP contribution in [0.5, 0.6) is 0 Å². The molecule has 0 saturated carbocycles. The first-order valence-corrected chi connectivity index (χ1v) is 9.17. The van der Waals surface area contributed by atoms with E-state index < -0.39 is 4.92 Å². The number of nitrogens with zero attached hydrogens (tertiary/aromatic N) is 5. The highest BCUT2D eigenvalue weighted by atomic mass is 127. The van der Waals surface area contributed by atoms with Crippen molar-refractivity contribution in [3.63, 3.8) is 0 Å². The maximum absolute atomic E-state index is 10.7. The summed E-state index contributed by atoms with van der Waals surface area (Å²) < 4.78 is 1.57. The molecular formula is C17H31IN6O2. The van der Waals surface area contributed by atoms with Crippen molar-refractivity contribution in [1.82, 2.24) is 20.0 Å². The van der Waals surface area contributed by atoms with E-state index in [1.165, 1.54) is 38.1 Å². The molecule has 1 fully saturated rings. The molecule has 0 aliphatic carbocycles. The predicted molar refractivity (Wildman–Crippen MR) is 114 cm³/mol. The minimum absolute atomic E-state index is 0. The van der Waals surface area contributed by atoms with Gasteiger partial charge in [0.2, 0.25) is 0 Å². The Morgan fingerprint density at radius 1 is 1.50 bits per heavy atom. The number of aromatic nitrogens is 2. The van der Waals surface area contributed by atoms with Crippen LogP contribution >= 0.6 is 24.0 Å². The van der Waals surface area contributed by atoms with Gasteiger partial charge in [-0.05, 0) is 31.6 Å². The van der Waals surface area contributed by atoms with Gasteiger partial charge >= 0.3 is 5.69 Å². The topological polar surface area (TPSA) is 88.6 Å². The summed E-state index contributed by atoms with van der Waals surface area (Å²) >= 11 is 0. The van der Waals surface area contributed by atoms with Gasteiger partial charge in [-0.1, -0.05) is 20.3 Å². The Balaban J connectivity index is 0.00000338. The molecule has 1 N–H and O–H groups in total. The van der Waals surface area contributed by atoms with Crippen LogP contribution in [-0.4, -0.2) is 51.7 Å². The molecule has 8 nitrogen and oxygen atoms in total. The summed E-state index contributed by atoms with van der Waals surface area (Å²) in [7, 11) is 0. The fraction of sp³-hybridized carbons (Fsp3) is 0.765. The number of guanidine groups is 1. The van der Waals surface area contributed by atoms with Gasteiger partial charge < -0.3 is 10.2 Å². The first kappa shape index (κ1) is 22.7. The molecule has 1 aliphatic heterocycles. The van der Waals surface area contributed by atoms with E-state index in [2.05, 4.69) is 36.1 Å². The smallest absolute Gasteiger partial charge is 0.306 e. The van der Waals surface area contributed by atoms with Crippen molar-refractivity contribution in [3.05, 3.63) is 22.5 Å². The molecule has 148 valence electrons. The molecule has 9 heteroatoms. The number of piperidine rings is 1. The first-order valence-electron chi connectivity index (χ1n) is 9.17. The Kier molecular flexibility index (Phi) is 9.31. The number of halogens is 1. The van der Waals surface area contributed by atoms with E-state index in [0.29, 0.717) is 18.5 Å². The van der Waals surface area contributed by atoms with Gasteiger partial charge in [-0.3, -0.25) is 19.8 Å². The normalized spacial score (nSPS) is 20.6. The van der Waals surface area contributed by atoms with Gasteiger partial charge in [-0.2, -0.15) is 5.10 Å².